The molecule has 3 N–H and O–H groups in total. The molecule has 2 aromatic carbocycles. The summed E-state index contributed by atoms with van der Waals surface area (Å²) >= 11 is 0. The number of nitrogens with one attached hydrogen (secondary N) is 3. The van der Waals surface area contributed by atoms with Gasteiger partial charge in [0.15, 0.2) is 0 Å². The first-order valence-corrected chi connectivity index (χ1v) is 12.5. The van der Waals surface area contributed by atoms with Gasteiger partial charge in [-0.25, -0.2) is 0 Å². The van der Waals surface area contributed by atoms with Crippen LogP contribution in [0.5, 0.6) is 0 Å². The predicted molar refractivity (Wildman–Crippen MR) is 136 cm³/mol. The van der Waals surface area contributed by atoms with Crippen LogP contribution in [0.15, 0.2) is 48.5 Å². The number of carbonyl (C=O) groups excluding carboxylic acids is 3. The smallest absolute Gasteiger partial charge is 0.255 e. The van der Waals surface area contributed by atoms with Gasteiger partial charge in [-0.05, 0) is 74.9 Å². The summed E-state index contributed by atoms with van der Waals surface area (Å²) in [6.45, 7) is 4.99. The van der Waals surface area contributed by atoms with Gasteiger partial charge in [-0.3, -0.25) is 14.4 Å². The average Bonchev–Trinajstić information content (AvgIpc) is 2.86. The van der Waals surface area contributed by atoms with E-state index in [2.05, 4.69) is 22.9 Å². The van der Waals surface area contributed by atoms with Crippen molar-refractivity contribution in [3.8, 4) is 0 Å². The fraction of sp³-hybridized carbons (Fsp3) is 0.464. The molecule has 3 rings (SSSR count). The minimum absolute atomic E-state index is 0.108. The molecule has 3 amide bonds. The van der Waals surface area contributed by atoms with Gasteiger partial charge in [0, 0.05) is 35.8 Å². The number of rotatable bonds is 10. The van der Waals surface area contributed by atoms with E-state index in [-0.39, 0.29) is 23.6 Å². The SMILES string of the molecule is CCCCC1CCC(C(=O)NCCNC(=O)c2ccc(NC(=O)c3ccc(C)cc3)cc2)CC1. The van der Waals surface area contributed by atoms with Gasteiger partial charge in [0.2, 0.25) is 5.91 Å². The van der Waals surface area contributed by atoms with E-state index in [1.807, 2.05) is 19.1 Å². The number of hydrogen-bond acceptors (Lipinski definition) is 3. The maximum Gasteiger partial charge on any atom is 0.255 e. The largest absolute Gasteiger partial charge is 0.354 e. The summed E-state index contributed by atoms with van der Waals surface area (Å²) in [6.07, 6.45) is 8.05. The zero-order valence-electron chi connectivity index (χ0n) is 20.4. The molecule has 2 aromatic rings. The Hall–Kier alpha value is -3.15. The number of hydrogen-bond donors (Lipinski definition) is 3. The normalized spacial score (nSPS) is 17.6. The molecule has 182 valence electrons. The van der Waals surface area contributed by atoms with E-state index < -0.39 is 0 Å². The summed E-state index contributed by atoms with van der Waals surface area (Å²) in [5.74, 6) is 0.600. The third kappa shape index (κ3) is 7.72. The summed E-state index contributed by atoms with van der Waals surface area (Å²) < 4.78 is 0. The van der Waals surface area contributed by atoms with Crippen LogP contribution in [0.2, 0.25) is 0 Å². The standard InChI is InChI=1S/C28H37N3O3/c1-3-4-5-21-8-12-22(13-9-21)26(32)29-18-19-30-27(33)23-14-16-25(17-15-23)31-28(34)24-10-6-20(2)7-11-24/h6-7,10-11,14-17,21-22H,3-5,8-9,12-13,18-19H2,1-2H3,(H,29,32)(H,30,33)(H,31,34). The maximum absolute atomic E-state index is 12.4. The molecule has 1 saturated carbocycles. The highest BCUT2D eigenvalue weighted by atomic mass is 16.2. The molecule has 0 aromatic heterocycles. The molecular weight excluding hydrogens is 426 g/mol. The Labute approximate surface area is 202 Å². The van der Waals surface area contributed by atoms with Gasteiger partial charge in [-0.1, -0.05) is 43.9 Å². The zero-order valence-corrected chi connectivity index (χ0v) is 20.4. The van der Waals surface area contributed by atoms with Crippen molar-refractivity contribution in [2.24, 2.45) is 11.8 Å². The minimum Gasteiger partial charge on any atom is -0.354 e. The van der Waals surface area contributed by atoms with Gasteiger partial charge in [0.05, 0.1) is 0 Å². The van der Waals surface area contributed by atoms with Crippen molar-refractivity contribution in [2.45, 2.75) is 58.8 Å². The van der Waals surface area contributed by atoms with Gasteiger partial charge in [-0.2, -0.15) is 0 Å². The van der Waals surface area contributed by atoms with Crippen LogP contribution in [-0.2, 0) is 4.79 Å². The van der Waals surface area contributed by atoms with E-state index in [4.69, 9.17) is 0 Å². The van der Waals surface area contributed by atoms with Crippen molar-refractivity contribution in [1.82, 2.24) is 10.6 Å². The van der Waals surface area contributed by atoms with Crippen LogP contribution in [0.25, 0.3) is 0 Å². The Morgan fingerprint density at radius 1 is 0.794 bits per heavy atom. The van der Waals surface area contributed by atoms with Gasteiger partial charge in [-0.15, -0.1) is 0 Å². The highest BCUT2D eigenvalue weighted by Gasteiger charge is 2.25. The molecule has 34 heavy (non-hydrogen) atoms. The third-order valence-electron chi connectivity index (χ3n) is 6.61. The Balaban J connectivity index is 1.35. The number of unbranched alkanes of at least 4 members (excludes halogenated alkanes) is 1. The van der Waals surface area contributed by atoms with Crippen LogP contribution in [-0.4, -0.2) is 30.8 Å². The number of amides is 3. The number of benzene rings is 2. The zero-order chi connectivity index (χ0) is 24.3. The summed E-state index contributed by atoms with van der Waals surface area (Å²) in [4.78, 5) is 37.1. The first-order chi connectivity index (χ1) is 16.5. The van der Waals surface area contributed by atoms with Crippen LogP contribution in [0.1, 0.15) is 78.1 Å². The molecule has 0 aliphatic heterocycles. The molecule has 0 bridgehead atoms. The van der Waals surface area contributed by atoms with E-state index in [1.54, 1.807) is 36.4 Å². The average molecular weight is 464 g/mol. The van der Waals surface area contributed by atoms with E-state index in [1.165, 1.54) is 19.3 Å². The number of anilines is 1. The second-order valence-electron chi connectivity index (χ2n) is 9.30. The Morgan fingerprint density at radius 2 is 1.38 bits per heavy atom. The molecule has 0 atom stereocenters. The number of carbonyl (C=O) groups is 3. The van der Waals surface area contributed by atoms with Crippen molar-refractivity contribution in [3.63, 3.8) is 0 Å². The van der Waals surface area contributed by atoms with Crippen LogP contribution >= 0.6 is 0 Å². The second-order valence-corrected chi connectivity index (χ2v) is 9.30. The number of aryl methyl sites for hydroxylation is 1. The molecule has 6 heteroatoms. The first-order valence-electron chi connectivity index (χ1n) is 12.5. The molecule has 6 nitrogen and oxygen atoms in total. The lowest BCUT2D eigenvalue weighted by Gasteiger charge is -2.27. The molecule has 0 unspecified atom stereocenters. The van der Waals surface area contributed by atoms with E-state index in [0.29, 0.717) is 29.9 Å². The molecule has 1 aliphatic carbocycles. The quantitative estimate of drug-likeness (QED) is 0.429. The van der Waals surface area contributed by atoms with E-state index in [0.717, 1.165) is 37.2 Å². The topological polar surface area (TPSA) is 87.3 Å². The van der Waals surface area contributed by atoms with Gasteiger partial charge in [0.1, 0.15) is 0 Å². The van der Waals surface area contributed by atoms with Crippen molar-refractivity contribution in [2.75, 3.05) is 18.4 Å². The lowest BCUT2D eigenvalue weighted by Crippen LogP contribution is -2.38. The molecule has 1 aliphatic rings. The van der Waals surface area contributed by atoms with Crippen LogP contribution in [0, 0.1) is 18.8 Å². The fourth-order valence-electron chi connectivity index (χ4n) is 4.43. The fourth-order valence-corrected chi connectivity index (χ4v) is 4.43. The van der Waals surface area contributed by atoms with Crippen LogP contribution < -0.4 is 16.0 Å². The summed E-state index contributed by atoms with van der Waals surface area (Å²) in [6, 6.07) is 14.1. The predicted octanol–water partition coefficient (Wildman–Crippen LogP) is 5.09. The molecule has 0 radical (unpaired) electrons. The Bertz CT molecular complexity index is 946. The molecular formula is C28H37N3O3. The molecule has 0 saturated heterocycles. The van der Waals surface area contributed by atoms with Gasteiger partial charge >= 0.3 is 0 Å². The van der Waals surface area contributed by atoms with Crippen molar-refractivity contribution < 1.29 is 14.4 Å². The van der Waals surface area contributed by atoms with E-state index >= 15 is 0 Å². The second kappa shape index (κ2) is 12.9. The summed E-state index contributed by atoms with van der Waals surface area (Å²) in [5, 5.41) is 8.64. The van der Waals surface area contributed by atoms with Crippen molar-refractivity contribution in [3.05, 3.63) is 65.2 Å². The van der Waals surface area contributed by atoms with Crippen molar-refractivity contribution >= 4 is 23.4 Å². The minimum atomic E-state index is -0.206. The Kier molecular flexibility index (Phi) is 9.68. The van der Waals surface area contributed by atoms with Crippen LogP contribution in [0.3, 0.4) is 0 Å². The lowest BCUT2D eigenvalue weighted by molar-refractivity contribution is -0.126. The highest BCUT2D eigenvalue weighted by Crippen LogP contribution is 2.31. The summed E-state index contributed by atoms with van der Waals surface area (Å²) in [5.41, 5.74) is 2.80. The highest BCUT2D eigenvalue weighted by molar-refractivity contribution is 6.04. The van der Waals surface area contributed by atoms with Gasteiger partial charge in [0.25, 0.3) is 11.8 Å². The lowest BCUT2D eigenvalue weighted by atomic mass is 9.79. The molecule has 0 heterocycles. The van der Waals surface area contributed by atoms with Crippen molar-refractivity contribution in [1.29, 1.82) is 0 Å². The van der Waals surface area contributed by atoms with E-state index in [9.17, 15) is 14.4 Å². The first kappa shape index (κ1) is 25.5. The summed E-state index contributed by atoms with van der Waals surface area (Å²) in [7, 11) is 0. The monoisotopic (exact) mass is 463 g/mol. The third-order valence-corrected chi connectivity index (χ3v) is 6.61. The molecule has 0 spiro atoms. The van der Waals surface area contributed by atoms with Gasteiger partial charge < -0.3 is 16.0 Å². The molecule has 1 fully saturated rings. The van der Waals surface area contributed by atoms with Crippen LogP contribution in [0.4, 0.5) is 5.69 Å². The Morgan fingerprint density at radius 3 is 2.03 bits per heavy atom. The maximum atomic E-state index is 12.4.